The number of anilines is 2. The van der Waals surface area contributed by atoms with Crippen molar-refractivity contribution in [3.05, 3.63) is 53.2 Å². The minimum atomic E-state index is -5.03. The number of pyridine rings is 1. The van der Waals surface area contributed by atoms with Crippen molar-refractivity contribution in [2.45, 2.75) is 12.4 Å². The van der Waals surface area contributed by atoms with Gasteiger partial charge in [-0.05, 0) is 37.4 Å². The number of halogens is 6. The molecule has 0 atom stereocenters. The minimum absolute atomic E-state index is 0.0246. The van der Waals surface area contributed by atoms with Crippen LogP contribution >= 0.6 is 0 Å². The van der Waals surface area contributed by atoms with Crippen molar-refractivity contribution in [3.8, 4) is 0 Å². The van der Waals surface area contributed by atoms with Crippen LogP contribution in [-0.2, 0) is 12.4 Å². The van der Waals surface area contributed by atoms with Gasteiger partial charge in [0.15, 0.2) is 0 Å². The van der Waals surface area contributed by atoms with Crippen molar-refractivity contribution in [2.75, 3.05) is 43.4 Å². The highest BCUT2D eigenvalue weighted by Gasteiger charge is 2.37. The van der Waals surface area contributed by atoms with E-state index in [2.05, 4.69) is 15.2 Å². The molecule has 3 rings (SSSR count). The molecule has 2 heterocycles. The van der Waals surface area contributed by atoms with Gasteiger partial charge in [0.2, 0.25) is 0 Å². The number of hydrogen-bond acceptors (Lipinski definition) is 4. The standard InChI is InChI=1S/C19H18F6N4O/c1-28-4-6-29(7-5-28)16-3-2-15(11-26-16)27-17(30)12-8-13(18(20,21)22)10-14(9-12)19(23,24)25/h2-3,8-11H,4-7H2,1H3,(H,27,30). The van der Waals surface area contributed by atoms with Crippen LogP contribution < -0.4 is 10.2 Å². The minimum Gasteiger partial charge on any atom is -0.354 e. The Hall–Kier alpha value is -2.82. The van der Waals surface area contributed by atoms with Crippen molar-refractivity contribution < 1.29 is 31.1 Å². The van der Waals surface area contributed by atoms with E-state index in [0.717, 1.165) is 26.2 Å². The van der Waals surface area contributed by atoms with Gasteiger partial charge >= 0.3 is 12.4 Å². The number of benzene rings is 1. The van der Waals surface area contributed by atoms with Gasteiger partial charge in [0, 0.05) is 31.7 Å². The SMILES string of the molecule is CN1CCN(c2ccc(NC(=O)c3cc(C(F)(F)F)cc(C(F)(F)F)c3)cn2)CC1. The van der Waals surface area contributed by atoms with E-state index in [-0.39, 0.29) is 11.8 Å². The molecule has 0 saturated carbocycles. The molecule has 0 spiro atoms. The number of nitrogens with zero attached hydrogens (tertiary/aromatic N) is 3. The number of piperazine rings is 1. The summed E-state index contributed by atoms with van der Waals surface area (Å²) in [5.41, 5.74) is -3.69. The molecule has 1 aromatic carbocycles. The van der Waals surface area contributed by atoms with Crippen molar-refractivity contribution in [2.24, 2.45) is 0 Å². The predicted molar refractivity (Wildman–Crippen MR) is 98.3 cm³/mol. The third kappa shape index (κ3) is 5.21. The van der Waals surface area contributed by atoms with Gasteiger partial charge in [-0.15, -0.1) is 0 Å². The fourth-order valence-corrected chi connectivity index (χ4v) is 2.97. The molecule has 0 unspecified atom stereocenters. The van der Waals surface area contributed by atoms with E-state index in [9.17, 15) is 31.1 Å². The Kier molecular flexibility index (Phi) is 5.93. The third-order valence-corrected chi connectivity index (χ3v) is 4.68. The van der Waals surface area contributed by atoms with E-state index in [1.165, 1.54) is 12.3 Å². The summed E-state index contributed by atoms with van der Waals surface area (Å²) in [6, 6.07) is 3.88. The van der Waals surface area contributed by atoms with E-state index < -0.39 is 35.0 Å². The molecule has 1 fully saturated rings. The summed E-state index contributed by atoms with van der Waals surface area (Å²) in [5.74, 6) is -0.430. The highest BCUT2D eigenvalue weighted by molar-refractivity contribution is 6.04. The molecule has 2 aromatic rings. The molecule has 11 heteroatoms. The maximum absolute atomic E-state index is 13.0. The summed E-state index contributed by atoms with van der Waals surface area (Å²) >= 11 is 0. The average molecular weight is 432 g/mol. The number of amides is 1. The summed E-state index contributed by atoms with van der Waals surface area (Å²) in [6.45, 7) is 3.24. The second kappa shape index (κ2) is 8.13. The Morgan fingerprint density at radius 2 is 1.50 bits per heavy atom. The van der Waals surface area contributed by atoms with Gasteiger partial charge in [-0.2, -0.15) is 26.3 Å². The zero-order valence-corrected chi connectivity index (χ0v) is 15.8. The summed E-state index contributed by atoms with van der Waals surface area (Å²) in [4.78, 5) is 20.7. The first kappa shape index (κ1) is 21.9. The zero-order chi connectivity index (χ0) is 22.1. The van der Waals surface area contributed by atoms with Crippen molar-refractivity contribution in [1.29, 1.82) is 0 Å². The van der Waals surface area contributed by atoms with E-state index in [1.54, 1.807) is 6.07 Å². The summed E-state index contributed by atoms with van der Waals surface area (Å²) in [6.07, 6.45) is -8.74. The summed E-state index contributed by atoms with van der Waals surface area (Å²) in [5, 5.41) is 2.29. The molecule has 1 amide bonds. The van der Waals surface area contributed by atoms with Crippen molar-refractivity contribution in [3.63, 3.8) is 0 Å². The first-order valence-corrected chi connectivity index (χ1v) is 8.94. The molecular weight excluding hydrogens is 414 g/mol. The maximum Gasteiger partial charge on any atom is 0.416 e. The molecule has 0 radical (unpaired) electrons. The van der Waals surface area contributed by atoms with Crippen LogP contribution in [0.2, 0.25) is 0 Å². The van der Waals surface area contributed by atoms with E-state index in [0.29, 0.717) is 18.0 Å². The number of nitrogens with one attached hydrogen (secondary N) is 1. The second-order valence-corrected chi connectivity index (χ2v) is 6.94. The molecule has 1 aliphatic rings. The van der Waals surface area contributed by atoms with Crippen LogP contribution in [0.3, 0.4) is 0 Å². The number of hydrogen-bond donors (Lipinski definition) is 1. The van der Waals surface area contributed by atoms with Crippen LogP contribution in [0, 0.1) is 0 Å². The fourth-order valence-electron chi connectivity index (χ4n) is 2.97. The van der Waals surface area contributed by atoms with Gasteiger partial charge in [-0.1, -0.05) is 0 Å². The topological polar surface area (TPSA) is 48.5 Å². The van der Waals surface area contributed by atoms with Crippen LogP contribution in [-0.4, -0.2) is 49.0 Å². The van der Waals surface area contributed by atoms with Gasteiger partial charge in [-0.25, -0.2) is 4.98 Å². The van der Waals surface area contributed by atoms with Crippen LogP contribution in [0.4, 0.5) is 37.8 Å². The monoisotopic (exact) mass is 432 g/mol. The first-order valence-electron chi connectivity index (χ1n) is 8.94. The number of carbonyl (C=O) groups excluding carboxylic acids is 1. The van der Waals surface area contributed by atoms with E-state index >= 15 is 0 Å². The van der Waals surface area contributed by atoms with Gasteiger partial charge in [0.1, 0.15) is 5.82 Å². The number of alkyl halides is 6. The molecule has 5 nitrogen and oxygen atoms in total. The molecule has 0 bridgehead atoms. The average Bonchev–Trinajstić information content (AvgIpc) is 2.67. The molecule has 1 saturated heterocycles. The zero-order valence-electron chi connectivity index (χ0n) is 15.8. The molecule has 1 aromatic heterocycles. The largest absolute Gasteiger partial charge is 0.416 e. The molecule has 1 aliphatic heterocycles. The summed E-state index contributed by atoms with van der Waals surface area (Å²) < 4.78 is 77.7. The smallest absolute Gasteiger partial charge is 0.354 e. The molecule has 162 valence electrons. The maximum atomic E-state index is 13.0. The Morgan fingerprint density at radius 3 is 1.97 bits per heavy atom. The van der Waals surface area contributed by atoms with E-state index in [1.807, 2.05) is 11.9 Å². The molecule has 0 aliphatic carbocycles. The number of likely N-dealkylation sites (N-methyl/N-ethyl adjacent to an activating group) is 1. The Bertz CT molecular complexity index is 870. The quantitative estimate of drug-likeness (QED) is 0.742. The number of carbonyl (C=O) groups is 1. The van der Waals surface area contributed by atoms with Crippen LogP contribution in [0.25, 0.3) is 0 Å². The highest BCUT2D eigenvalue weighted by atomic mass is 19.4. The van der Waals surface area contributed by atoms with Gasteiger partial charge < -0.3 is 15.1 Å². The Morgan fingerprint density at radius 1 is 0.933 bits per heavy atom. The lowest BCUT2D eigenvalue weighted by atomic mass is 10.0. The lowest BCUT2D eigenvalue weighted by Crippen LogP contribution is -2.44. The van der Waals surface area contributed by atoms with Crippen molar-refractivity contribution in [1.82, 2.24) is 9.88 Å². The molecule has 1 N–H and O–H groups in total. The number of aromatic nitrogens is 1. The lowest BCUT2D eigenvalue weighted by Gasteiger charge is -2.33. The normalized spacial score (nSPS) is 15.9. The lowest BCUT2D eigenvalue weighted by molar-refractivity contribution is -0.143. The van der Waals surface area contributed by atoms with Crippen LogP contribution in [0.5, 0.6) is 0 Å². The highest BCUT2D eigenvalue weighted by Crippen LogP contribution is 2.36. The van der Waals surface area contributed by atoms with Gasteiger partial charge in [-0.3, -0.25) is 4.79 Å². The van der Waals surface area contributed by atoms with E-state index in [4.69, 9.17) is 0 Å². The van der Waals surface area contributed by atoms with Crippen LogP contribution in [0.1, 0.15) is 21.5 Å². The molecule has 30 heavy (non-hydrogen) atoms. The fraction of sp³-hybridized carbons (Fsp3) is 0.368. The summed E-state index contributed by atoms with van der Waals surface area (Å²) in [7, 11) is 2.00. The Labute approximate surface area is 168 Å². The number of rotatable bonds is 3. The van der Waals surface area contributed by atoms with Crippen LogP contribution in [0.15, 0.2) is 36.5 Å². The van der Waals surface area contributed by atoms with Crippen molar-refractivity contribution >= 4 is 17.4 Å². The first-order chi connectivity index (χ1) is 13.9. The van der Waals surface area contributed by atoms with Gasteiger partial charge in [0.25, 0.3) is 5.91 Å². The Balaban J connectivity index is 1.78. The van der Waals surface area contributed by atoms with Gasteiger partial charge in [0.05, 0.1) is 23.0 Å². The predicted octanol–water partition coefficient (Wildman–Crippen LogP) is 4.12. The third-order valence-electron chi connectivity index (χ3n) is 4.68. The molecular formula is C19H18F6N4O. The second-order valence-electron chi connectivity index (χ2n) is 6.94.